The Morgan fingerprint density at radius 3 is 2.25 bits per heavy atom. The van der Waals surface area contributed by atoms with Crippen LogP contribution in [0.25, 0.3) is 0 Å². The summed E-state index contributed by atoms with van der Waals surface area (Å²) in [4.78, 5) is -0.215. The van der Waals surface area contributed by atoms with Crippen LogP contribution in [0.4, 0.5) is 0 Å². The molecule has 28 heavy (non-hydrogen) atoms. The predicted molar refractivity (Wildman–Crippen MR) is 104 cm³/mol. The molecule has 0 bridgehead atoms. The normalized spacial score (nSPS) is 11.1. The van der Waals surface area contributed by atoms with Crippen LogP contribution in [-0.4, -0.2) is 13.0 Å². The van der Waals surface area contributed by atoms with Crippen LogP contribution in [0.5, 0.6) is 17.2 Å². The van der Waals surface area contributed by atoms with Gasteiger partial charge in [0.25, 0.3) is 10.1 Å². The predicted octanol–water partition coefficient (Wildman–Crippen LogP) is 2.10. The summed E-state index contributed by atoms with van der Waals surface area (Å²) in [7, 11) is -4.45. The van der Waals surface area contributed by atoms with Crippen LogP contribution >= 0.6 is 0 Å². The van der Waals surface area contributed by atoms with Gasteiger partial charge in [0, 0.05) is 0 Å². The third-order valence-electron chi connectivity index (χ3n) is 4.40. The Balaban J connectivity index is 0.00000392. The number of aryl methyl sites for hydroxylation is 1. The minimum atomic E-state index is -4.45. The summed E-state index contributed by atoms with van der Waals surface area (Å²) in [6.07, 6.45) is 8.39. The average Bonchev–Trinajstić information content (AvgIpc) is 2.60. The van der Waals surface area contributed by atoms with E-state index in [1.54, 1.807) is 18.2 Å². The molecule has 1 N–H and O–H groups in total. The van der Waals surface area contributed by atoms with Crippen LogP contribution in [0, 0.1) is 0 Å². The molecular weight excluding hydrogens is 387 g/mol. The number of benzene rings is 2. The first kappa shape index (κ1) is 25.0. The van der Waals surface area contributed by atoms with Gasteiger partial charge in [0.1, 0.15) is 16.4 Å². The second kappa shape index (κ2) is 12.5. The van der Waals surface area contributed by atoms with E-state index in [9.17, 15) is 18.1 Å². The van der Waals surface area contributed by atoms with Crippen molar-refractivity contribution >= 4 is 10.1 Å². The van der Waals surface area contributed by atoms with Crippen molar-refractivity contribution in [3.63, 3.8) is 0 Å². The van der Waals surface area contributed by atoms with E-state index in [0.29, 0.717) is 12.0 Å². The molecule has 2 rings (SSSR count). The van der Waals surface area contributed by atoms with Gasteiger partial charge in [-0.05, 0) is 36.6 Å². The van der Waals surface area contributed by atoms with Crippen molar-refractivity contribution in [2.24, 2.45) is 0 Å². The van der Waals surface area contributed by atoms with Crippen molar-refractivity contribution in [3.8, 4) is 17.2 Å². The van der Waals surface area contributed by atoms with E-state index in [0.717, 1.165) is 19.3 Å². The molecule has 0 unspecified atom stereocenters. The maximum absolute atomic E-state index is 12.0. The maximum atomic E-state index is 12.0. The van der Waals surface area contributed by atoms with Crippen molar-refractivity contribution in [2.75, 3.05) is 0 Å². The molecule has 7 heteroatoms. The fourth-order valence-electron chi connectivity index (χ4n) is 3.07. The van der Waals surface area contributed by atoms with Gasteiger partial charge in [0.2, 0.25) is 0 Å². The fraction of sp³-hybridized carbons (Fsp3) is 0.429. The summed E-state index contributed by atoms with van der Waals surface area (Å²) >= 11 is 0. The summed E-state index contributed by atoms with van der Waals surface area (Å²) in [6, 6.07) is 10.6. The molecule has 0 aliphatic rings. The molecule has 5 nitrogen and oxygen atoms in total. The van der Waals surface area contributed by atoms with Crippen LogP contribution in [-0.2, 0) is 16.5 Å². The Bertz CT molecular complexity index is 836. The fourth-order valence-corrected chi connectivity index (χ4v) is 3.93. The topological polar surface area (TPSA) is 86.7 Å². The number of rotatable bonds is 11. The van der Waals surface area contributed by atoms with E-state index in [1.165, 1.54) is 49.9 Å². The molecule has 0 heterocycles. The van der Waals surface area contributed by atoms with E-state index in [4.69, 9.17) is 4.74 Å². The molecular formula is C21H27NaO5S. The van der Waals surface area contributed by atoms with Crippen molar-refractivity contribution in [1.82, 2.24) is 0 Å². The van der Waals surface area contributed by atoms with Gasteiger partial charge in [0.05, 0.1) is 0 Å². The number of ether oxygens (including phenoxy) is 1. The van der Waals surface area contributed by atoms with Gasteiger partial charge in [-0.15, -0.1) is 5.75 Å². The Morgan fingerprint density at radius 1 is 0.964 bits per heavy atom. The second-order valence-corrected chi connectivity index (χ2v) is 8.03. The minimum absolute atomic E-state index is 0. The summed E-state index contributed by atoms with van der Waals surface area (Å²) in [5.74, 6) is 0.0316. The van der Waals surface area contributed by atoms with Gasteiger partial charge in [0.15, 0.2) is 0 Å². The van der Waals surface area contributed by atoms with Gasteiger partial charge in [-0.1, -0.05) is 69.7 Å². The van der Waals surface area contributed by atoms with Crippen LogP contribution in [0.2, 0.25) is 0 Å². The molecule has 148 valence electrons. The van der Waals surface area contributed by atoms with Crippen molar-refractivity contribution in [1.29, 1.82) is 0 Å². The second-order valence-electron chi connectivity index (χ2n) is 6.67. The van der Waals surface area contributed by atoms with E-state index >= 15 is 0 Å². The first-order valence-electron chi connectivity index (χ1n) is 9.46. The van der Waals surface area contributed by atoms with Gasteiger partial charge < -0.3 is 9.84 Å². The monoisotopic (exact) mass is 414 g/mol. The van der Waals surface area contributed by atoms with Crippen LogP contribution in [0.3, 0.4) is 0 Å². The number of unbranched alkanes of at least 4 members (excludes halogenated alkanes) is 6. The maximum Gasteiger partial charge on any atom is 1.00 e. The molecule has 0 spiro atoms. The molecule has 0 atom stereocenters. The first-order chi connectivity index (χ1) is 12.9. The molecule has 2 aromatic rings. The average molecular weight is 414 g/mol. The third-order valence-corrected chi connectivity index (χ3v) is 5.38. The molecule has 2 aromatic carbocycles. The van der Waals surface area contributed by atoms with E-state index in [1.807, 2.05) is 0 Å². The SMILES string of the molecule is CCCCCCCCCc1cccc(Oc2cccc([O-])c2)c1S(=O)(=O)O.[Na+]. The largest absolute Gasteiger partial charge is 1.00 e. The van der Waals surface area contributed by atoms with Gasteiger partial charge >= 0.3 is 29.6 Å². The summed E-state index contributed by atoms with van der Waals surface area (Å²) in [5.41, 5.74) is 0.529. The van der Waals surface area contributed by atoms with Gasteiger partial charge in [-0.3, -0.25) is 4.55 Å². The molecule has 0 fully saturated rings. The zero-order chi connectivity index (χ0) is 19.7. The number of hydrogen-bond donors (Lipinski definition) is 1. The molecule has 0 saturated carbocycles. The van der Waals surface area contributed by atoms with E-state index in [-0.39, 0.29) is 51.7 Å². The Labute approximate surface area is 190 Å². The summed E-state index contributed by atoms with van der Waals surface area (Å²) in [5, 5.41) is 11.5. The molecule has 0 aliphatic carbocycles. The van der Waals surface area contributed by atoms with Crippen LogP contribution < -0.4 is 39.4 Å². The Hall–Kier alpha value is -1.05. The molecule has 0 radical (unpaired) electrons. The zero-order valence-electron chi connectivity index (χ0n) is 16.7. The van der Waals surface area contributed by atoms with Crippen molar-refractivity contribution < 1.29 is 52.4 Å². The third kappa shape index (κ3) is 8.13. The molecule has 0 aliphatic heterocycles. The van der Waals surface area contributed by atoms with Gasteiger partial charge in [-0.2, -0.15) is 8.42 Å². The Kier molecular flexibility index (Phi) is 11.2. The number of hydrogen-bond acceptors (Lipinski definition) is 4. The summed E-state index contributed by atoms with van der Waals surface area (Å²) < 4.78 is 39.2. The standard InChI is InChI=1S/C21H28O5S.Na/c1-2-3-4-5-6-7-8-11-17-12-9-15-20(21(17)27(23,24)25)26-19-14-10-13-18(22)16-19;/h9-10,12-16,22H,2-8,11H2,1H3,(H,23,24,25);/q;+1/p-1. The molecule has 0 amide bonds. The smallest absolute Gasteiger partial charge is 0.872 e. The van der Waals surface area contributed by atoms with Crippen molar-refractivity contribution in [3.05, 3.63) is 48.0 Å². The molecule has 0 saturated heterocycles. The summed E-state index contributed by atoms with van der Waals surface area (Å²) in [6.45, 7) is 2.18. The van der Waals surface area contributed by atoms with Crippen LogP contribution in [0.1, 0.15) is 57.4 Å². The first-order valence-corrected chi connectivity index (χ1v) is 10.9. The van der Waals surface area contributed by atoms with Crippen molar-refractivity contribution in [2.45, 2.75) is 63.2 Å². The van der Waals surface area contributed by atoms with Gasteiger partial charge in [-0.25, -0.2) is 0 Å². The Morgan fingerprint density at radius 2 is 1.61 bits per heavy atom. The molecule has 0 aromatic heterocycles. The minimum Gasteiger partial charge on any atom is -0.872 e. The quantitative estimate of drug-likeness (QED) is 0.346. The zero-order valence-corrected chi connectivity index (χ0v) is 19.5. The van der Waals surface area contributed by atoms with E-state index in [2.05, 4.69) is 6.92 Å². The van der Waals surface area contributed by atoms with E-state index < -0.39 is 10.1 Å². The van der Waals surface area contributed by atoms with Crippen LogP contribution in [0.15, 0.2) is 47.4 Å².